The second-order valence-electron chi connectivity index (χ2n) is 5.83. The van der Waals surface area contributed by atoms with Crippen molar-refractivity contribution < 1.29 is 23.7 Å². The van der Waals surface area contributed by atoms with Crippen molar-refractivity contribution in [3.8, 4) is 11.5 Å². The second-order valence-corrected chi connectivity index (χ2v) is 5.83. The number of nitrogens with zero attached hydrogens (tertiary/aromatic N) is 2. The quantitative estimate of drug-likeness (QED) is 0.547. The largest absolute Gasteiger partial charge is 0.519 e. The highest BCUT2D eigenvalue weighted by Crippen LogP contribution is 2.35. The van der Waals surface area contributed by atoms with Gasteiger partial charge in [0.25, 0.3) is 0 Å². The van der Waals surface area contributed by atoms with E-state index in [2.05, 4.69) is 15.2 Å². The fraction of sp³-hybridized carbons (Fsp3) is 0.211. The lowest BCUT2D eigenvalue weighted by Crippen LogP contribution is -2.30. The molecule has 0 bridgehead atoms. The summed E-state index contributed by atoms with van der Waals surface area (Å²) in [4.78, 5) is 16.0. The van der Waals surface area contributed by atoms with Crippen LogP contribution in [0.4, 0.5) is 4.79 Å². The summed E-state index contributed by atoms with van der Waals surface area (Å²) in [6.45, 7) is 0.956. The number of aromatic nitrogens is 3. The van der Waals surface area contributed by atoms with E-state index in [9.17, 15) is 4.79 Å². The summed E-state index contributed by atoms with van der Waals surface area (Å²) in [7, 11) is 0. The lowest BCUT2D eigenvalue weighted by Gasteiger charge is -2.26. The molecule has 1 aliphatic heterocycles. The summed E-state index contributed by atoms with van der Waals surface area (Å²) in [6.07, 6.45) is 1.07. The van der Waals surface area contributed by atoms with E-state index in [1.807, 2.05) is 6.07 Å². The smallest absolute Gasteiger partial charge is 0.395 e. The molecule has 8 heteroatoms. The first-order valence-corrected chi connectivity index (χ1v) is 8.41. The van der Waals surface area contributed by atoms with Gasteiger partial charge in [0, 0.05) is 5.56 Å². The zero-order chi connectivity index (χ0) is 18.5. The summed E-state index contributed by atoms with van der Waals surface area (Å²) in [5, 5.41) is 6.74. The van der Waals surface area contributed by atoms with Gasteiger partial charge in [0.1, 0.15) is 17.8 Å². The van der Waals surface area contributed by atoms with Gasteiger partial charge in [-0.25, -0.2) is 9.78 Å². The molecule has 1 aromatic heterocycles. The molecule has 1 fully saturated rings. The number of ether oxygens (including phenoxy) is 4. The van der Waals surface area contributed by atoms with Crippen LogP contribution in [0.2, 0.25) is 0 Å². The summed E-state index contributed by atoms with van der Waals surface area (Å²) < 4.78 is 22.0. The average Bonchev–Trinajstić information content (AvgIpc) is 3.36. The number of H-pyrrole nitrogens is 1. The molecule has 0 amide bonds. The summed E-state index contributed by atoms with van der Waals surface area (Å²) >= 11 is 0. The zero-order valence-corrected chi connectivity index (χ0v) is 14.3. The SMILES string of the molecule is O=C(Oc1ccccc1)Oc1ccc(C2(Cc3nc[nH]n3)OCCO2)cc1. The molecule has 0 unspecified atom stereocenters. The van der Waals surface area contributed by atoms with Gasteiger partial charge >= 0.3 is 6.16 Å². The van der Waals surface area contributed by atoms with Gasteiger partial charge in [-0.15, -0.1) is 0 Å². The Morgan fingerprint density at radius 2 is 1.67 bits per heavy atom. The average molecular weight is 367 g/mol. The first kappa shape index (κ1) is 17.2. The van der Waals surface area contributed by atoms with Gasteiger partial charge in [0.2, 0.25) is 5.79 Å². The summed E-state index contributed by atoms with van der Waals surface area (Å²) in [5.41, 5.74) is 0.786. The van der Waals surface area contributed by atoms with Crippen molar-refractivity contribution in [3.05, 3.63) is 72.3 Å². The van der Waals surface area contributed by atoms with E-state index in [0.717, 1.165) is 5.56 Å². The molecule has 0 aliphatic carbocycles. The number of hydrogen-bond acceptors (Lipinski definition) is 7. The Morgan fingerprint density at radius 1 is 1.00 bits per heavy atom. The van der Waals surface area contributed by atoms with Gasteiger partial charge in [-0.1, -0.05) is 18.2 Å². The third-order valence-electron chi connectivity index (χ3n) is 4.05. The van der Waals surface area contributed by atoms with E-state index in [4.69, 9.17) is 18.9 Å². The summed E-state index contributed by atoms with van der Waals surface area (Å²) in [6, 6.07) is 15.6. The van der Waals surface area contributed by atoms with Crippen LogP contribution >= 0.6 is 0 Å². The van der Waals surface area contributed by atoms with Crippen molar-refractivity contribution in [2.75, 3.05) is 13.2 Å². The van der Waals surface area contributed by atoms with Gasteiger partial charge < -0.3 is 18.9 Å². The monoisotopic (exact) mass is 367 g/mol. The molecule has 0 radical (unpaired) electrons. The van der Waals surface area contributed by atoms with E-state index >= 15 is 0 Å². The third kappa shape index (κ3) is 3.97. The van der Waals surface area contributed by atoms with Gasteiger partial charge in [0.15, 0.2) is 5.82 Å². The Labute approximate surface area is 155 Å². The zero-order valence-electron chi connectivity index (χ0n) is 14.3. The molecule has 2 aromatic carbocycles. The van der Waals surface area contributed by atoms with Crippen molar-refractivity contribution >= 4 is 6.16 Å². The van der Waals surface area contributed by atoms with Crippen molar-refractivity contribution in [2.24, 2.45) is 0 Å². The Bertz CT molecular complexity index is 875. The Kier molecular flexibility index (Phi) is 4.82. The minimum Gasteiger partial charge on any atom is -0.395 e. The molecular formula is C19H17N3O5. The first-order chi connectivity index (χ1) is 13.2. The standard InChI is InChI=1S/C19H17N3O5/c23-18(26-15-4-2-1-3-5-15)27-16-8-6-14(7-9-16)19(24-10-11-25-19)12-17-20-13-21-22-17/h1-9,13H,10-12H2,(H,20,21,22). The lowest BCUT2D eigenvalue weighted by molar-refractivity contribution is -0.165. The predicted molar refractivity (Wildman–Crippen MR) is 93.2 cm³/mol. The second kappa shape index (κ2) is 7.56. The molecule has 1 N–H and O–H groups in total. The number of benzene rings is 2. The topological polar surface area (TPSA) is 95.6 Å². The van der Waals surface area contributed by atoms with Gasteiger partial charge in [-0.2, -0.15) is 5.10 Å². The van der Waals surface area contributed by atoms with Crippen LogP contribution in [0, 0.1) is 0 Å². The fourth-order valence-electron chi connectivity index (χ4n) is 2.83. The normalized spacial score (nSPS) is 15.4. The minimum atomic E-state index is -0.953. The molecule has 3 aromatic rings. The lowest BCUT2D eigenvalue weighted by atomic mass is 10.0. The molecule has 4 rings (SSSR count). The van der Waals surface area contributed by atoms with Crippen LogP contribution in [0.1, 0.15) is 11.4 Å². The maximum absolute atomic E-state index is 11.9. The predicted octanol–water partition coefficient (Wildman–Crippen LogP) is 2.82. The molecule has 0 spiro atoms. The maximum atomic E-state index is 11.9. The molecule has 138 valence electrons. The molecule has 1 saturated heterocycles. The Hall–Kier alpha value is -3.23. The molecule has 0 atom stereocenters. The van der Waals surface area contributed by atoms with Gasteiger partial charge in [-0.05, 0) is 36.4 Å². The number of rotatable bonds is 5. The van der Waals surface area contributed by atoms with Crippen LogP contribution in [-0.4, -0.2) is 34.6 Å². The van der Waals surface area contributed by atoms with Crippen LogP contribution in [0.25, 0.3) is 0 Å². The molecule has 2 heterocycles. The summed E-state index contributed by atoms with van der Waals surface area (Å²) in [5.74, 6) is 0.400. The van der Waals surface area contributed by atoms with Crippen LogP contribution in [0.3, 0.4) is 0 Å². The van der Waals surface area contributed by atoms with E-state index in [-0.39, 0.29) is 0 Å². The maximum Gasteiger partial charge on any atom is 0.519 e. The van der Waals surface area contributed by atoms with E-state index in [0.29, 0.717) is 37.0 Å². The first-order valence-electron chi connectivity index (χ1n) is 8.41. The number of carbonyl (C=O) groups is 1. The van der Waals surface area contributed by atoms with E-state index in [1.165, 1.54) is 6.33 Å². The van der Waals surface area contributed by atoms with Crippen molar-refractivity contribution in [1.82, 2.24) is 15.2 Å². The van der Waals surface area contributed by atoms with E-state index in [1.54, 1.807) is 48.5 Å². The van der Waals surface area contributed by atoms with Crippen LogP contribution < -0.4 is 9.47 Å². The fourth-order valence-corrected chi connectivity index (χ4v) is 2.83. The van der Waals surface area contributed by atoms with Crippen molar-refractivity contribution in [1.29, 1.82) is 0 Å². The third-order valence-corrected chi connectivity index (χ3v) is 4.05. The number of para-hydroxylation sites is 1. The van der Waals surface area contributed by atoms with Gasteiger partial charge in [0.05, 0.1) is 19.6 Å². The molecule has 0 saturated carbocycles. The Morgan fingerprint density at radius 3 is 2.30 bits per heavy atom. The molecule has 1 aliphatic rings. The molecule has 27 heavy (non-hydrogen) atoms. The van der Waals surface area contributed by atoms with Crippen LogP contribution in [0.5, 0.6) is 11.5 Å². The molecule has 8 nitrogen and oxygen atoms in total. The number of nitrogens with one attached hydrogen (secondary N) is 1. The Balaban J connectivity index is 1.45. The highest BCUT2D eigenvalue weighted by Gasteiger charge is 2.40. The van der Waals surface area contributed by atoms with Crippen molar-refractivity contribution in [2.45, 2.75) is 12.2 Å². The van der Waals surface area contributed by atoms with Crippen LogP contribution in [-0.2, 0) is 21.7 Å². The highest BCUT2D eigenvalue weighted by molar-refractivity contribution is 5.67. The molecular weight excluding hydrogens is 350 g/mol. The number of aromatic amines is 1. The highest BCUT2D eigenvalue weighted by atomic mass is 16.7. The number of hydrogen-bond donors (Lipinski definition) is 1. The van der Waals surface area contributed by atoms with Gasteiger partial charge in [-0.3, -0.25) is 5.10 Å². The number of carbonyl (C=O) groups excluding carboxylic acids is 1. The van der Waals surface area contributed by atoms with E-state index < -0.39 is 11.9 Å². The van der Waals surface area contributed by atoms with Crippen molar-refractivity contribution in [3.63, 3.8) is 0 Å². The van der Waals surface area contributed by atoms with Crippen LogP contribution in [0.15, 0.2) is 60.9 Å². The minimum absolute atomic E-state index is 0.353.